The van der Waals surface area contributed by atoms with E-state index in [2.05, 4.69) is 10.3 Å². The van der Waals surface area contributed by atoms with Crippen LogP contribution in [0.15, 0.2) is 59.6 Å². The number of benzene rings is 2. The van der Waals surface area contributed by atoms with Gasteiger partial charge in [-0.05, 0) is 24.8 Å². The van der Waals surface area contributed by atoms with Crippen molar-refractivity contribution in [3.8, 4) is 0 Å². The molecule has 1 fully saturated rings. The monoisotopic (exact) mass is 568 g/mol. The number of amides is 3. The molecule has 4 rings (SSSR count). The Bertz CT molecular complexity index is 1330. The van der Waals surface area contributed by atoms with Crippen LogP contribution in [-0.2, 0) is 14.4 Å². The summed E-state index contributed by atoms with van der Waals surface area (Å²) in [6, 6.07) is 15.4. The van der Waals surface area contributed by atoms with Crippen molar-refractivity contribution in [2.24, 2.45) is 28.0 Å². The van der Waals surface area contributed by atoms with E-state index in [1.807, 2.05) is 0 Å². The van der Waals surface area contributed by atoms with Gasteiger partial charge in [-0.25, -0.2) is 4.99 Å². The van der Waals surface area contributed by atoms with Crippen molar-refractivity contribution in [3.63, 3.8) is 0 Å². The van der Waals surface area contributed by atoms with E-state index < -0.39 is 79.2 Å². The van der Waals surface area contributed by atoms with E-state index in [0.29, 0.717) is 22.5 Å². The molecule has 1 heterocycles. The van der Waals surface area contributed by atoms with Gasteiger partial charge in [-0.15, -0.1) is 0 Å². The number of alkyl halides is 6. The normalized spacial score (nSPS) is 23.5. The minimum absolute atomic E-state index is 0.305. The van der Waals surface area contributed by atoms with E-state index in [1.54, 1.807) is 54.6 Å². The van der Waals surface area contributed by atoms with Crippen LogP contribution in [0.2, 0.25) is 0 Å². The highest BCUT2D eigenvalue weighted by Crippen LogP contribution is 2.63. The first kappa shape index (κ1) is 29.1. The molecule has 4 atom stereocenters. The van der Waals surface area contributed by atoms with Crippen molar-refractivity contribution in [2.45, 2.75) is 44.2 Å². The molecule has 3 N–H and O–H groups in total. The number of aliphatic imine (C=N–C) groups is 1. The molecule has 214 valence electrons. The highest BCUT2D eigenvalue weighted by Gasteiger charge is 2.68. The molecule has 2 aromatic carbocycles. The Kier molecular flexibility index (Phi) is 7.70. The van der Waals surface area contributed by atoms with Gasteiger partial charge < -0.3 is 16.0 Å². The first-order valence-corrected chi connectivity index (χ1v) is 12.4. The van der Waals surface area contributed by atoms with Gasteiger partial charge in [0.2, 0.25) is 18.0 Å². The number of likely N-dealkylation sites (N-methyl/N-ethyl adjacent to an activating group) is 1. The second-order valence-corrected chi connectivity index (χ2v) is 10.0. The summed E-state index contributed by atoms with van der Waals surface area (Å²) in [6.07, 6.45) is -15.6. The van der Waals surface area contributed by atoms with Crippen LogP contribution in [0, 0.1) is 17.3 Å². The van der Waals surface area contributed by atoms with Crippen molar-refractivity contribution in [1.82, 2.24) is 5.32 Å². The zero-order valence-electron chi connectivity index (χ0n) is 21.2. The number of rotatable bonds is 8. The van der Waals surface area contributed by atoms with Gasteiger partial charge in [0.05, 0.1) is 22.7 Å². The molecule has 1 aliphatic carbocycles. The molecule has 2 aliphatic rings. The van der Waals surface area contributed by atoms with E-state index in [4.69, 9.17) is 5.73 Å². The number of hydrogen-bond donors (Lipinski definition) is 2. The zero-order valence-corrected chi connectivity index (χ0v) is 21.2. The molecule has 2 aromatic rings. The van der Waals surface area contributed by atoms with Gasteiger partial charge in [-0.3, -0.25) is 14.4 Å². The number of hydrogen-bond acceptors (Lipinski definition) is 4. The van der Waals surface area contributed by atoms with Gasteiger partial charge in [-0.1, -0.05) is 48.5 Å². The molecular weight excluding hydrogens is 542 g/mol. The quantitative estimate of drug-likeness (QED) is 0.463. The van der Waals surface area contributed by atoms with Gasteiger partial charge in [-0.2, -0.15) is 26.3 Å². The summed E-state index contributed by atoms with van der Waals surface area (Å²) in [5, 5.41) is 2.35. The van der Waals surface area contributed by atoms with Crippen LogP contribution in [0.3, 0.4) is 0 Å². The summed E-state index contributed by atoms with van der Waals surface area (Å²) in [7, 11) is 1.43. The maximum Gasteiger partial charge on any atom is 0.389 e. The fourth-order valence-corrected chi connectivity index (χ4v) is 5.41. The van der Waals surface area contributed by atoms with E-state index in [0.717, 1.165) is 0 Å². The number of para-hydroxylation sites is 1. The van der Waals surface area contributed by atoms with Crippen LogP contribution < -0.4 is 16.0 Å². The number of nitrogens with one attached hydrogen (secondary N) is 1. The molecule has 1 saturated carbocycles. The number of benzodiazepines with no additional fused rings is 1. The average Bonchev–Trinajstić information content (AvgIpc) is 3.58. The molecule has 7 nitrogen and oxygen atoms in total. The Hall–Kier alpha value is -3.90. The number of anilines is 1. The van der Waals surface area contributed by atoms with E-state index in [1.165, 1.54) is 11.9 Å². The standard InChI is InChI=1S/C27H26F6N4O3/c1-37-19-10-6-5-9-17(19)20(15-7-3-2-4-8-15)35-22(23(37)39)36-24(40)25(13-16(25)14-27(31,32)33)18(21(34)38)11-12-26(28,29)30/h2-10,16,18,22H,11-14H2,1H3,(H2,34,38)(H,36,40)/t16?,18?,22-,25?/m1/s1. The molecular formula is C27H26F6N4O3. The van der Waals surface area contributed by atoms with E-state index in [-0.39, 0.29) is 0 Å². The topological polar surface area (TPSA) is 105 Å². The van der Waals surface area contributed by atoms with Gasteiger partial charge in [0.15, 0.2) is 0 Å². The van der Waals surface area contributed by atoms with Crippen LogP contribution in [-0.4, -0.2) is 49.0 Å². The first-order chi connectivity index (χ1) is 18.6. The third kappa shape index (κ3) is 5.97. The Balaban J connectivity index is 1.74. The van der Waals surface area contributed by atoms with Crippen molar-refractivity contribution >= 4 is 29.1 Å². The Morgan fingerprint density at radius 3 is 2.27 bits per heavy atom. The molecule has 0 aromatic heterocycles. The zero-order chi connectivity index (χ0) is 29.5. The van der Waals surface area contributed by atoms with Crippen LogP contribution in [0.1, 0.15) is 36.8 Å². The number of fused-ring (bicyclic) bond motifs is 1. The lowest BCUT2D eigenvalue weighted by Crippen LogP contribution is -2.51. The highest BCUT2D eigenvalue weighted by atomic mass is 19.4. The lowest BCUT2D eigenvalue weighted by molar-refractivity contribution is -0.153. The lowest BCUT2D eigenvalue weighted by Gasteiger charge is -2.28. The summed E-state index contributed by atoms with van der Waals surface area (Å²) < 4.78 is 78.9. The maximum atomic E-state index is 13.6. The number of primary amides is 1. The molecule has 0 spiro atoms. The number of carbonyl (C=O) groups is 3. The summed E-state index contributed by atoms with van der Waals surface area (Å²) in [5.74, 6) is -6.57. The van der Waals surface area contributed by atoms with Crippen molar-refractivity contribution in [1.29, 1.82) is 0 Å². The minimum atomic E-state index is -4.75. The van der Waals surface area contributed by atoms with Gasteiger partial charge in [0.1, 0.15) is 0 Å². The molecule has 3 amide bonds. The van der Waals surface area contributed by atoms with E-state index >= 15 is 0 Å². The van der Waals surface area contributed by atoms with Gasteiger partial charge in [0, 0.05) is 31.0 Å². The molecule has 0 saturated heterocycles. The summed E-state index contributed by atoms with van der Waals surface area (Å²) in [6.45, 7) is 0. The Morgan fingerprint density at radius 2 is 1.68 bits per heavy atom. The number of carbonyl (C=O) groups excluding carboxylic acids is 3. The molecule has 3 unspecified atom stereocenters. The van der Waals surface area contributed by atoms with Crippen LogP contribution in [0.4, 0.5) is 32.0 Å². The first-order valence-electron chi connectivity index (χ1n) is 12.4. The predicted molar refractivity (Wildman–Crippen MR) is 133 cm³/mol. The minimum Gasteiger partial charge on any atom is -0.369 e. The fourth-order valence-electron chi connectivity index (χ4n) is 5.41. The van der Waals surface area contributed by atoms with Crippen molar-refractivity contribution in [3.05, 3.63) is 65.7 Å². The summed E-state index contributed by atoms with van der Waals surface area (Å²) in [5.41, 5.74) is 5.04. The fraction of sp³-hybridized carbons (Fsp3) is 0.407. The van der Waals surface area contributed by atoms with E-state index in [9.17, 15) is 40.7 Å². The number of nitrogens with zero attached hydrogens (tertiary/aromatic N) is 2. The molecule has 40 heavy (non-hydrogen) atoms. The number of nitrogens with two attached hydrogens (primary N) is 1. The second-order valence-electron chi connectivity index (χ2n) is 10.0. The third-order valence-corrected chi connectivity index (χ3v) is 7.39. The molecule has 0 bridgehead atoms. The largest absolute Gasteiger partial charge is 0.389 e. The second kappa shape index (κ2) is 10.6. The summed E-state index contributed by atoms with van der Waals surface area (Å²) in [4.78, 5) is 45.0. The Labute approximate surface area is 225 Å². The van der Waals surface area contributed by atoms with Crippen molar-refractivity contribution < 1.29 is 40.7 Å². The average molecular weight is 569 g/mol. The van der Waals surface area contributed by atoms with Crippen molar-refractivity contribution in [2.75, 3.05) is 11.9 Å². The third-order valence-electron chi connectivity index (χ3n) is 7.39. The molecule has 13 heteroatoms. The molecule has 0 radical (unpaired) electrons. The maximum absolute atomic E-state index is 13.6. The lowest BCUT2D eigenvalue weighted by atomic mass is 9.81. The number of halogens is 6. The SMILES string of the molecule is CN1C(=O)[C@@H](NC(=O)C2(C(CCC(F)(F)F)C(N)=O)CC2CC(F)(F)F)N=C(c2ccccc2)c2ccccc21. The van der Waals surface area contributed by atoms with Crippen LogP contribution in [0.25, 0.3) is 0 Å². The van der Waals surface area contributed by atoms with Gasteiger partial charge >= 0.3 is 12.4 Å². The van der Waals surface area contributed by atoms with Crippen LogP contribution in [0.5, 0.6) is 0 Å². The van der Waals surface area contributed by atoms with Crippen LogP contribution >= 0.6 is 0 Å². The predicted octanol–water partition coefficient (Wildman–Crippen LogP) is 4.35. The van der Waals surface area contributed by atoms with Gasteiger partial charge in [0.25, 0.3) is 5.91 Å². The highest BCUT2D eigenvalue weighted by molar-refractivity contribution is 6.20. The Morgan fingerprint density at radius 1 is 1.05 bits per heavy atom. The molecule has 1 aliphatic heterocycles. The smallest absolute Gasteiger partial charge is 0.369 e. The summed E-state index contributed by atoms with van der Waals surface area (Å²) >= 11 is 0.